The lowest BCUT2D eigenvalue weighted by Crippen LogP contribution is -2.60. The molecule has 1 amide bonds. The van der Waals surface area contributed by atoms with Gasteiger partial charge in [0, 0.05) is 37.6 Å². The van der Waals surface area contributed by atoms with Crippen molar-refractivity contribution < 1.29 is 4.79 Å². The van der Waals surface area contributed by atoms with Crippen LogP contribution in [0, 0.1) is 17.8 Å². The summed E-state index contributed by atoms with van der Waals surface area (Å²) in [6.45, 7) is 2.84. The smallest absolute Gasteiger partial charge is 0.274 e. The van der Waals surface area contributed by atoms with Crippen LogP contribution in [0.5, 0.6) is 0 Å². The van der Waals surface area contributed by atoms with Gasteiger partial charge in [-0.15, -0.1) is 0 Å². The van der Waals surface area contributed by atoms with E-state index < -0.39 is 0 Å². The number of amides is 1. The van der Waals surface area contributed by atoms with Gasteiger partial charge in [0.15, 0.2) is 11.3 Å². The number of fused-ring (bicyclic) bond motifs is 1. The number of carbonyl (C=O) groups excluding carboxylic acids is 1. The second-order valence-electron chi connectivity index (χ2n) is 9.82. The summed E-state index contributed by atoms with van der Waals surface area (Å²) in [6, 6.07) is 3.71. The molecule has 4 aliphatic rings. The summed E-state index contributed by atoms with van der Waals surface area (Å²) >= 11 is 3.61. The first-order chi connectivity index (χ1) is 15.0. The Bertz CT molecular complexity index is 1140. The second-order valence-corrected chi connectivity index (χ2v) is 10.7. The maximum Gasteiger partial charge on any atom is 0.274 e. The normalized spacial score (nSPS) is 29.1. The molecule has 4 bridgehead atoms. The van der Waals surface area contributed by atoms with Crippen molar-refractivity contribution in [1.29, 1.82) is 0 Å². The molecule has 0 spiro atoms. The van der Waals surface area contributed by atoms with E-state index in [9.17, 15) is 4.79 Å². The van der Waals surface area contributed by atoms with Crippen molar-refractivity contribution in [1.82, 2.24) is 29.3 Å². The van der Waals surface area contributed by atoms with Gasteiger partial charge in [-0.05, 0) is 85.2 Å². The van der Waals surface area contributed by atoms with E-state index in [1.54, 1.807) is 10.7 Å². The average Bonchev–Trinajstić information content (AvgIpc) is 3.35. The van der Waals surface area contributed by atoms with Crippen LogP contribution in [0.15, 0.2) is 29.0 Å². The van der Waals surface area contributed by atoms with Crippen LogP contribution in [-0.4, -0.2) is 47.8 Å². The summed E-state index contributed by atoms with van der Waals surface area (Å²) in [4.78, 5) is 20.1. The van der Waals surface area contributed by atoms with Gasteiger partial charge >= 0.3 is 0 Å². The first-order valence-corrected chi connectivity index (χ1v) is 12.1. The van der Waals surface area contributed by atoms with Crippen LogP contribution in [0.3, 0.4) is 0 Å². The molecule has 0 radical (unpaired) electrons. The van der Waals surface area contributed by atoms with Crippen LogP contribution < -0.4 is 0 Å². The molecule has 0 saturated heterocycles. The molecule has 8 heteroatoms. The molecular formula is C23H27BrN6O. The number of hydrogen-bond acceptors (Lipinski definition) is 4. The Morgan fingerprint density at radius 2 is 1.87 bits per heavy atom. The first-order valence-electron chi connectivity index (χ1n) is 11.3. The lowest BCUT2D eigenvalue weighted by Gasteiger charge is -2.59. The van der Waals surface area contributed by atoms with Crippen molar-refractivity contribution in [2.24, 2.45) is 17.8 Å². The summed E-state index contributed by atoms with van der Waals surface area (Å²) in [5, 5.41) is 9.36. The van der Waals surface area contributed by atoms with E-state index in [1.165, 1.54) is 19.3 Å². The molecule has 4 saturated carbocycles. The molecule has 3 heterocycles. The molecule has 0 unspecified atom stereocenters. The van der Waals surface area contributed by atoms with Crippen molar-refractivity contribution in [3.8, 4) is 11.4 Å². The Balaban J connectivity index is 1.36. The minimum atomic E-state index is 0.0107. The second kappa shape index (κ2) is 6.89. The molecule has 162 valence electrons. The SMILES string of the molecule is CCn1cc(Br)c(-c2ccnc3cc(C(=O)N(C)C45CC6CC(CC(C6)C4)C5)nn23)n1. The van der Waals surface area contributed by atoms with E-state index in [2.05, 4.69) is 32.9 Å². The summed E-state index contributed by atoms with van der Waals surface area (Å²) in [5.41, 5.74) is 2.76. The first kappa shape index (κ1) is 19.5. The molecule has 3 aromatic heterocycles. The van der Waals surface area contributed by atoms with E-state index >= 15 is 0 Å². The third kappa shape index (κ3) is 2.97. The number of aryl methyl sites for hydroxylation is 1. The fraction of sp³-hybridized carbons (Fsp3) is 0.565. The zero-order valence-corrected chi connectivity index (χ0v) is 19.5. The standard InChI is InChI=1S/C23H27BrN6O/c1-3-29-13-17(24)21(27-29)19-4-5-25-20-9-18(26-30(19)20)22(31)28(2)23-10-14-6-15(11-23)8-16(7-14)12-23/h4-5,9,13-16H,3,6-8,10-12H2,1-2H3. The topological polar surface area (TPSA) is 68.3 Å². The Kier molecular flexibility index (Phi) is 4.32. The largest absolute Gasteiger partial charge is 0.335 e. The molecule has 4 aliphatic carbocycles. The van der Waals surface area contributed by atoms with Gasteiger partial charge in [0.2, 0.25) is 0 Å². The van der Waals surface area contributed by atoms with Crippen molar-refractivity contribution in [2.45, 2.75) is 57.5 Å². The monoisotopic (exact) mass is 482 g/mol. The summed E-state index contributed by atoms with van der Waals surface area (Å²) in [5.74, 6) is 2.39. The van der Waals surface area contributed by atoms with Gasteiger partial charge in [-0.2, -0.15) is 10.2 Å². The Morgan fingerprint density at radius 3 is 2.48 bits per heavy atom. The van der Waals surface area contributed by atoms with Crippen LogP contribution in [0.4, 0.5) is 0 Å². The highest BCUT2D eigenvalue weighted by Gasteiger charge is 2.54. The minimum Gasteiger partial charge on any atom is -0.335 e. The summed E-state index contributed by atoms with van der Waals surface area (Å²) in [7, 11) is 1.99. The van der Waals surface area contributed by atoms with Gasteiger partial charge in [-0.25, -0.2) is 9.50 Å². The lowest BCUT2D eigenvalue weighted by molar-refractivity contribution is -0.0667. The van der Waals surface area contributed by atoms with Crippen molar-refractivity contribution in [3.63, 3.8) is 0 Å². The molecule has 0 aromatic carbocycles. The number of carbonyl (C=O) groups is 1. The maximum absolute atomic E-state index is 13.6. The van der Waals surface area contributed by atoms with E-state index in [1.807, 2.05) is 35.0 Å². The minimum absolute atomic E-state index is 0.0107. The molecular weight excluding hydrogens is 456 g/mol. The number of nitrogens with zero attached hydrogens (tertiary/aromatic N) is 6. The number of aromatic nitrogens is 5. The fourth-order valence-corrected chi connectivity index (χ4v) is 7.29. The molecule has 31 heavy (non-hydrogen) atoms. The van der Waals surface area contributed by atoms with Crippen LogP contribution in [-0.2, 0) is 6.54 Å². The van der Waals surface area contributed by atoms with E-state index in [0.29, 0.717) is 11.3 Å². The third-order valence-electron chi connectivity index (χ3n) is 7.88. The van der Waals surface area contributed by atoms with Gasteiger partial charge in [0.25, 0.3) is 5.91 Å². The Morgan fingerprint density at radius 1 is 1.19 bits per heavy atom. The molecule has 3 aromatic rings. The summed E-state index contributed by atoms with van der Waals surface area (Å²) < 4.78 is 4.52. The van der Waals surface area contributed by atoms with Crippen LogP contribution in [0.1, 0.15) is 55.9 Å². The van der Waals surface area contributed by atoms with E-state index in [-0.39, 0.29) is 11.4 Å². The van der Waals surface area contributed by atoms with Gasteiger partial charge in [0.1, 0.15) is 5.69 Å². The van der Waals surface area contributed by atoms with Crippen LogP contribution in [0.25, 0.3) is 17.0 Å². The Labute approximate surface area is 190 Å². The van der Waals surface area contributed by atoms with Crippen LogP contribution in [0.2, 0.25) is 0 Å². The highest BCUT2D eigenvalue weighted by molar-refractivity contribution is 9.10. The van der Waals surface area contributed by atoms with Gasteiger partial charge in [0.05, 0.1) is 10.2 Å². The van der Waals surface area contributed by atoms with E-state index in [0.717, 1.165) is 59.4 Å². The van der Waals surface area contributed by atoms with Gasteiger partial charge in [-0.3, -0.25) is 9.48 Å². The average molecular weight is 483 g/mol. The quantitative estimate of drug-likeness (QED) is 0.551. The zero-order chi connectivity index (χ0) is 21.3. The predicted molar refractivity (Wildman–Crippen MR) is 121 cm³/mol. The van der Waals surface area contributed by atoms with Crippen LogP contribution >= 0.6 is 15.9 Å². The predicted octanol–water partition coefficient (Wildman–Crippen LogP) is 4.42. The van der Waals surface area contributed by atoms with Crippen molar-refractivity contribution in [2.75, 3.05) is 7.05 Å². The number of halogens is 1. The number of hydrogen-bond donors (Lipinski definition) is 0. The molecule has 7 rings (SSSR count). The maximum atomic E-state index is 13.6. The fourth-order valence-electron chi connectivity index (χ4n) is 6.77. The highest BCUT2D eigenvalue weighted by atomic mass is 79.9. The Hall–Kier alpha value is -2.22. The molecule has 0 atom stereocenters. The van der Waals surface area contributed by atoms with Gasteiger partial charge < -0.3 is 4.90 Å². The summed E-state index contributed by atoms with van der Waals surface area (Å²) in [6.07, 6.45) is 11.3. The molecule has 4 fully saturated rings. The molecule has 0 N–H and O–H groups in total. The molecule has 7 nitrogen and oxygen atoms in total. The van der Waals surface area contributed by atoms with Crippen molar-refractivity contribution in [3.05, 3.63) is 34.7 Å². The zero-order valence-electron chi connectivity index (χ0n) is 18.0. The third-order valence-corrected chi connectivity index (χ3v) is 8.46. The van der Waals surface area contributed by atoms with E-state index in [4.69, 9.17) is 5.10 Å². The lowest BCUT2D eigenvalue weighted by atomic mass is 9.52. The van der Waals surface area contributed by atoms with Gasteiger partial charge in [-0.1, -0.05) is 0 Å². The number of rotatable bonds is 4. The molecule has 0 aliphatic heterocycles. The van der Waals surface area contributed by atoms with Crippen molar-refractivity contribution >= 4 is 27.5 Å². The highest BCUT2D eigenvalue weighted by Crippen LogP contribution is 2.57.